The van der Waals surface area contributed by atoms with E-state index in [4.69, 9.17) is 4.74 Å². The molecular weight excluding hydrogens is 238 g/mol. The molecule has 2 aromatic rings. The lowest BCUT2D eigenvalue weighted by Gasteiger charge is -2.19. The molecule has 1 aromatic carbocycles. The first-order chi connectivity index (χ1) is 9.15. The second-order valence-electron chi connectivity index (χ2n) is 4.57. The van der Waals surface area contributed by atoms with Crippen molar-refractivity contribution in [3.05, 3.63) is 53.0 Å². The van der Waals surface area contributed by atoms with Gasteiger partial charge in [0.25, 0.3) is 0 Å². The second-order valence-corrected chi connectivity index (χ2v) is 4.57. The molecule has 0 aliphatic carbocycles. The minimum atomic E-state index is 0.0394. The molecule has 1 unspecified atom stereocenters. The Kier molecular flexibility index (Phi) is 4.12. The maximum absolute atomic E-state index is 5.16. The quantitative estimate of drug-likeness (QED) is 0.913. The Morgan fingerprint density at radius 1 is 1.16 bits per heavy atom. The molecular formula is C15H19N3O. The van der Waals surface area contributed by atoms with Gasteiger partial charge < -0.3 is 10.1 Å². The standard InChI is InChI=1S/C15H19N3O/c1-10-5-6-12(11(2)7-10)15(16-3)13-8-14(19-4)18-9-17-13/h5-9,15-16H,1-4H3. The molecule has 0 amide bonds. The molecule has 2 rings (SSSR count). The monoisotopic (exact) mass is 257 g/mol. The third-order valence-electron chi connectivity index (χ3n) is 3.19. The number of ether oxygens (including phenoxy) is 1. The van der Waals surface area contributed by atoms with E-state index in [2.05, 4.69) is 47.3 Å². The Bertz CT molecular complexity index is 569. The van der Waals surface area contributed by atoms with E-state index in [1.807, 2.05) is 13.1 Å². The topological polar surface area (TPSA) is 47.0 Å². The highest BCUT2D eigenvalue weighted by atomic mass is 16.5. The molecule has 0 saturated carbocycles. The number of rotatable bonds is 4. The van der Waals surface area contributed by atoms with Crippen molar-refractivity contribution >= 4 is 0 Å². The average molecular weight is 257 g/mol. The van der Waals surface area contributed by atoms with Gasteiger partial charge in [-0.3, -0.25) is 0 Å². The van der Waals surface area contributed by atoms with Crippen LogP contribution in [0.4, 0.5) is 0 Å². The smallest absolute Gasteiger partial charge is 0.216 e. The molecule has 1 atom stereocenters. The van der Waals surface area contributed by atoms with Crippen molar-refractivity contribution in [3.63, 3.8) is 0 Å². The van der Waals surface area contributed by atoms with Gasteiger partial charge in [-0.25, -0.2) is 9.97 Å². The summed E-state index contributed by atoms with van der Waals surface area (Å²) in [6.07, 6.45) is 1.53. The molecule has 0 saturated heterocycles. The van der Waals surface area contributed by atoms with Crippen LogP contribution in [0.2, 0.25) is 0 Å². The van der Waals surface area contributed by atoms with Crippen molar-refractivity contribution in [2.45, 2.75) is 19.9 Å². The predicted molar refractivity (Wildman–Crippen MR) is 75.4 cm³/mol. The molecule has 4 nitrogen and oxygen atoms in total. The van der Waals surface area contributed by atoms with Crippen LogP contribution in [0, 0.1) is 13.8 Å². The highest BCUT2D eigenvalue weighted by Gasteiger charge is 2.16. The first kappa shape index (κ1) is 13.5. The molecule has 0 radical (unpaired) electrons. The van der Waals surface area contributed by atoms with Crippen molar-refractivity contribution in [1.29, 1.82) is 0 Å². The van der Waals surface area contributed by atoms with Crippen molar-refractivity contribution in [3.8, 4) is 5.88 Å². The maximum Gasteiger partial charge on any atom is 0.216 e. The largest absolute Gasteiger partial charge is 0.481 e. The summed E-state index contributed by atoms with van der Waals surface area (Å²) in [5, 5.41) is 3.30. The highest BCUT2D eigenvalue weighted by Crippen LogP contribution is 2.25. The summed E-state index contributed by atoms with van der Waals surface area (Å²) in [4.78, 5) is 8.39. The van der Waals surface area contributed by atoms with Gasteiger partial charge in [0.2, 0.25) is 5.88 Å². The van der Waals surface area contributed by atoms with Gasteiger partial charge in [-0.1, -0.05) is 23.8 Å². The molecule has 19 heavy (non-hydrogen) atoms. The molecule has 1 aromatic heterocycles. The van der Waals surface area contributed by atoms with E-state index in [0.717, 1.165) is 5.69 Å². The van der Waals surface area contributed by atoms with E-state index in [9.17, 15) is 0 Å². The van der Waals surface area contributed by atoms with E-state index in [-0.39, 0.29) is 6.04 Å². The molecule has 0 bridgehead atoms. The number of nitrogens with zero attached hydrogens (tertiary/aromatic N) is 2. The number of aryl methyl sites for hydroxylation is 2. The zero-order chi connectivity index (χ0) is 13.8. The average Bonchev–Trinajstić information content (AvgIpc) is 2.42. The van der Waals surface area contributed by atoms with Crippen LogP contribution in [0.15, 0.2) is 30.6 Å². The summed E-state index contributed by atoms with van der Waals surface area (Å²) in [6.45, 7) is 4.21. The van der Waals surface area contributed by atoms with Crippen LogP contribution >= 0.6 is 0 Å². The Labute approximate surface area is 113 Å². The van der Waals surface area contributed by atoms with Gasteiger partial charge in [0, 0.05) is 6.07 Å². The third-order valence-corrected chi connectivity index (χ3v) is 3.19. The highest BCUT2D eigenvalue weighted by molar-refractivity contribution is 5.37. The van der Waals surface area contributed by atoms with E-state index in [1.165, 1.54) is 23.0 Å². The Morgan fingerprint density at radius 3 is 2.58 bits per heavy atom. The molecule has 0 fully saturated rings. The molecule has 100 valence electrons. The van der Waals surface area contributed by atoms with Crippen molar-refractivity contribution < 1.29 is 4.74 Å². The number of nitrogens with one attached hydrogen (secondary N) is 1. The Morgan fingerprint density at radius 2 is 1.95 bits per heavy atom. The van der Waals surface area contributed by atoms with Crippen LogP contribution in [0.3, 0.4) is 0 Å². The molecule has 0 spiro atoms. The minimum Gasteiger partial charge on any atom is -0.481 e. The second kappa shape index (κ2) is 5.80. The van der Waals surface area contributed by atoms with Gasteiger partial charge in [-0.05, 0) is 32.0 Å². The van der Waals surface area contributed by atoms with Crippen molar-refractivity contribution in [2.24, 2.45) is 0 Å². The lowest BCUT2D eigenvalue weighted by atomic mass is 9.97. The van der Waals surface area contributed by atoms with Crippen LogP contribution < -0.4 is 10.1 Å². The summed E-state index contributed by atoms with van der Waals surface area (Å²) in [5.41, 5.74) is 4.63. The number of aromatic nitrogens is 2. The lowest BCUT2D eigenvalue weighted by Crippen LogP contribution is -2.20. The summed E-state index contributed by atoms with van der Waals surface area (Å²) in [5.74, 6) is 0.579. The Hall–Kier alpha value is -1.94. The van der Waals surface area contributed by atoms with Crippen molar-refractivity contribution in [2.75, 3.05) is 14.2 Å². The number of hydrogen-bond donors (Lipinski definition) is 1. The van der Waals surface area contributed by atoms with Gasteiger partial charge in [0.05, 0.1) is 18.8 Å². The minimum absolute atomic E-state index is 0.0394. The molecule has 0 aliphatic heterocycles. The fourth-order valence-electron chi connectivity index (χ4n) is 2.24. The normalized spacial score (nSPS) is 12.2. The van der Waals surface area contributed by atoms with Gasteiger partial charge in [-0.15, -0.1) is 0 Å². The summed E-state index contributed by atoms with van der Waals surface area (Å²) < 4.78 is 5.16. The fourth-order valence-corrected chi connectivity index (χ4v) is 2.24. The van der Waals surface area contributed by atoms with E-state index in [0.29, 0.717) is 5.88 Å². The third kappa shape index (κ3) is 2.90. The van der Waals surface area contributed by atoms with Crippen LogP contribution in [0.5, 0.6) is 5.88 Å². The first-order valence-electron chi connectivity index (χ1n) is 6.26. The summed E-state index contributed by atoms with van der Waals surface area (Å²) in [7, 11) is 3.54. The van der Waals surface area contributed by atoms with Gasteiger partial charge in [0.15, 0.2) is 0 Å². The Balaban J connectivity index is 2.43. The fraction of sp³-hybridized carbons (Fsp3) is 0.333. The first-order valence-corrected chi connectivity index (χ1v) is 6.26. The van der Waals surface area contributed by atoms with Crippen LogP contribution in [-0.4, -0.2) is 24.1 Å². The number of hydrogen-bond acceptors (Lipinski definition) is 4. The molecule has 0 aliphatic rings. The summed E-state index contributed by atoms with van der Waals surface area (Å²) >= 11 is 0. The van der Waals surface area contributed by atoms with Crippen LogP contribution in [0.25, 0.3) is 0 Å². The SMILES string of the molecule is CNC(c1cc(OC)ncn1)c1ccc(C)cc1C. The molecule has 1 N–H and O–H groups in total. The molecule has 4 heteroatoms. The van der Waals surface area contributed by atoms with Gasteiger partial charge in [0.1, 0.15) is 6.33 Å². The summed E-state index contributed by atoms with van der Waals surface area (Å²) in [6, 6.07) is 8.34. The molecule has 1 heterocycles. The number of benzene rings is 1. The van der Waals surface area contributed by atoms with Crippen LogP contribution in [0.1, 0.15) is 28.4 Å². The van der Waals surface area contributed by atoms with Crippen molar-refractivity contribution in [1.82, 2.24) is 15.3 Å². The van der Waals surface area contributed by atoms with E-state index >= 15 is 0 Å². The van der Waals surface area contributed by atoms with Crippen LogP contribution in [-0.2, 0) is 0 Å². The maximum atomic E-state index is 5.16. The van der Waals surface area contributed by atoms with E-state index in [1.54, 1.807) is 7.11 Å². The lowest BCUT2D eigenvalue weighted by molar-refractivity contribution is 0.395. The van der Waals surface area contributed by atoms with Gasteiger partial charge >= 0.3 is 0 Å². The van der Waals surface area contributed by atoms with E-state index < -0.39 is 0 Å². The predicted octanol–water partition coefficient (Wildman–Crippen LogP) is 2.41. The van der Waals surface area contributed by atoms with Gasteiger partial charge in [-0.2, -0.15) is 0 Å². The number of methoxy groups -OCH3 is 1. The zero-order valence-electron chi connectivity index (χ0n) is 11.8. The zero-order valence-corrected chi connectivity index (χ0v) is 11.8.